The van der Waals surface area contributed by atoms with E-state index >= 15 is 0 Å². The molecule has 1 amide bonds. The highest BCUT2D eigenvalue weighted by Gasteiger charge is 2.36. The van der Waals surface area contributed by atoms with Gasteiger partial charge in [-0.1, -0.05) is 41.9 Å². The molecule has 2 aromatic carbocycles. The Morgan fingerprint density at radius 2 is 1.71 bits per heavy atom. The average Bonchev–Trinajstić information content (AvgIpc) is 3.46. The molecule has 0 aliphatic carbocycles. The number of halogens is 4. The summed E-state index contributed by atoms with van der Waals surface area (Å²) in [6.45, 7) is 0. The van der Waals surface area contributed by atoms with Crippen LogP contribution in [-0.2, 0) is 6.18 Å². The predicted octanol–water partition coefficient (Wildman–Crippen LogP) is 4.93. The summed E-state index contributed by atoms with van der Waals surface area (Å²) in [4.78, 5) is 21.4. The van der Waals surface area contributed by atoms with Crippen molar-refractivity contribution in [3.63, 3.8) is 0 Å². The highest BCUT2D eigenvalue weighted by molar-refractivity contribution is 6.32. The van der Waals surface area contributed by atoms with E-state index in [2.05, 4.69) is 25.5 Å². The molecule has 0 radical (unpaired) electrons. The van der Waals surface area contributed by atoms with Crippen molar-refractivity contribution >= 4 is 34.4 Å². The molecule has 0 atom stereocenters. The van der Waals surface area contributed by atoms with Crippen molar-refractivity contribution in [2.75, 3.05) is 5.32 Å². The first kappa shape index (κ1) is 21.6. The number of nitrogens with zero attached hydrogens (tertiary/aromatic N) is 6. The van der Waals surface area contributed by atoms with Gasteiger partial charge in [-0.2, -0.15) is 23.4 Å². The van der Waals surface area contributed by atoms with Gasteiger partial charge in [0.2, 0.25) is 0 Å². The number of anilines is 1. The molecule has 0 aliphatic heterocycles. The van der Waals surface area contributed by atoms with E-state index in [9.17, 15) is 18.0 Å². The smallest absolute Gasteiger partial charge is 0.304 e. The topological polar surface area (TPSA) is 90.5 Å². The fraction of sp³-hybridized carbons (Fsp3) is 0.0455. The molecule has 3 aromatic heterocycles. The van der Waals surface area contributed by atoms with Gasteiger partial charge in [-0.15, -0.1) is 0 Å². The lowest BCUT2D eigenvalue weighted by atomic mass is 10.3. The monoisotopic (exact) mass is 483 g/mol. The summed E-state index contributed by atoms with van der Waals surface area (Å²) in [6, 6.07) is 16.0. The summed E-state index contributed by atoms with van der Waals surface area (Å²) < 4.78 is 42.6. The van der Waals surface area contributed by atoms with E-state index in [0.29, 0.717) is 17.1 Å². The van der Waals surface area contributed by atoms with Gasteiger partial charge >= 0.3 is 6.18 Å². The summed E-state index contributed by atoms with van der Waals surface area (Å²) in [7, 11) is 0. The lowest BCUT2D eigenvalue weighted by Gasteiger charge is -2.10. The molecular formula is C22H13ClF3N7O. The zero-order valence-corrected chi connectivity index (χ0v) is 17.8. The summed E-state index contributed by atoms with van der Waals surface area (Å²) in [5.74, 6) is -0.784. The Labute approximate surface area is 194 Å². The van der Waals surface area contributed by atoms with Crippen molar-refractivity contribution in [1.29, 1.82) is 0 Å². The third-order valence-electron chi connectivity index (χ3n) is 4.91. The molecule has 0 aliphatic rings. The molecule has 0 spiro atoms. The molecular weight excluding hydrogens is 471 g/mol. The lowest BCUT2D eigenvalue weighted by Crippen LogP contribution is -2.18. The molecule has 12 heteroatoms. The maximum atomic E-state index is 13.4. The number of alkyl halides is 3. The second kappa shape index (κ2) is 8.27. The average molecular weight is 484 g/mol. The largest absolute Gasteiger partial charge is 0.435 e. The molecule has 5 aromatic rings. The summed E-state index contributed by atoms with van der Waals surface area (Å²) >= 11 is 6.15. The molecule has 0 fully saturated rings. The Bertz CT molecular complexity index is 1510. The maximum Gasteiger partial charge on any atom is 0.435 e. The van der Waals surface area contributed by atoms with Crippen LogP contribution in [0.3, 0.4) is 0 Å². The number of hydrogen-bond acceptors (Lipinski definition) is 5. The van der Waals surface area contributed by atoms with Gasteiger partial charge in [0, 0.05) is 6.07 Å². The summed E-state index contributed by atoms with van der Waals surface area (Å²) in [5.41, 5.74) is -0.341. The molecule has 0 saturated carbocycles. The van der Waals surface area contributed by atoms with E-state index in [0.717, 1.165) is 10.4 Å². The third kappa shape index (κ3) is 3.86. The van der Waals surface area contributed by atoms with Crippen molar-refractivity contribution in [2.45, 2.75) is 6.18 Å². The molecule has 0 saturated heterocycles. The van der Waals surface area contributed by atoms with Crippen LogP contribution in [0.4, 0.5) is 19.0 Å². The van der Waals surface area contributed by atoms with E-state index in [4.69, 9.17) is 11.6 Å². The van der Waals surface area contributed by atoms with Crippen LogP contribution in [0.5, 0.6) is 0 Å². The molecule has 0 bridgehead atoms. The Morgan fingerprint density at radius 3 is 2.44 bits per heavy atom. The van der Waals surface area contributed by atoms with Crippen molar-refractivity contribution < 1.29 is 18.0 Å². The van der Waals surface area contributed by atoms with Crippen LogP contribution >= 0.6 is 11.6 Å². The standard InChI is InChI=1S/C22H13ClF3N7O/c23-15-8-4-5-9-16(15)33-17(10-18(31-33)22(24,25)26)21(34)30-19-14-11-29-32(20(14)28-12-27-19)13-6-2-1-3-7-13/h1-12H,(H,27,28,30,34). The van der Waals surface area contributed by atoms with Crippen molar-refractivity contribution in [3.8, 4) is 11.4 Å². The number of amides is 1. The van der Waals surface area contributed by atoms with Crippen molar-refractivity contribution in [3.05, 3.63) is 89.6 Å². The number of rotatable bonds is 4. The van der Waals surface area contributed by atoms with Crippen LogP contribution in [0.2, 0.25) is 5.02 Å². The minimum atomic E-state index is -4.76. The molecule has 0 unspecified atom stereocenters. The van der Waals surface area contributed by atoms with Gasteiger partial charge < -0.3 is 5.32 Å². The van der Waals surface area contributed by atoms with E-state index < -0.39 is 17.8 Å². The van der Waals surface area contributed by atoms with Crippen LogP contribution < -0.4 is 5.32 Å². The maximum absolute atomic E-state index is 13.4. The number of carbonyl (C=O) groups excluding carboxylic acids is 1. The first-order valence-corrected chi connectivity index (χ1v) is 10.2. The quantitative estimate of drug-likeness (QED) is 0.391. The van der Waals surface area contributed by atoms with Crippen LogP contribution in [0.15, 0.2) is 73.2 Å². The second-order valence-corrected chi connectivity index (χ2v) is 7.49. The van der Waals surface area contributed by atoms with Gasteiger partial charge in [-0.3, -0.25) is 4.79 Å². The highest BCUT2D eigenvalue weighted by atomic mass is 35.5. The molecule has 5 rings (SSSR count). The number of aromatic nitrogens is 6. The van der Waals surface area contributed by atoms with Crippen molar-refractivity contribution in [2.24, 2.45) is 0 Å². The molecule has 8 nitrogen and oxygen atoms in total. The van der Waals surface area contributed by atoms with Gasteiger partial charge in [0.05, 0.1) is 28.0 Å². The Kier molecular flexibility index (Phi) is 5.25. The minimum Gasteiger partial charge on any atom is -0.304 e. The van der Waals surface area contributed by atoms with Crippen LogP contribution in [-0.4, -0.2) is 35.4 Å². The SMILES string of the molecule is O=C(Nc1ncnc2c1cnn2-c1ccccc1)c1cc(C(F)(F)F)nn1-c1ccccc1Cl. The number of hydrogen-bond donors (Lipinski definition) is 1. The highest BCUT2D eigenvalue weighted by Crippen LogP contribution is 2.31. The summed E-state index contributed by atoms with van der Waals surface area (Å²) in [5, 5.41) is 11.0. The van der Waals surface area contributed by atoms with E-state index in [1.165, 1.54) is 24.7 Å². The fourth-order valence-corrected chi connectivity index (χ4v) is 3.58. The lowest BCUT2D eigenvalue weighted by molar-refractivity contribution is -0.141. The molecule has 34 heavy (non-hydrogen) atoms. The van der Waals surface area contributed by atoms with Crippen LogP contribution in [0.25, 0.3) is 22.4 Å². The van der Waals surface area contributed by atoms with E-state index in [1.54, 1.807) is 16.8 Å². The third-order valence-corrected chi connectivity index (χ3v) is 5.23. The number of para-hydroxylation sites is 2. The number of benzene rings is 2. The second-order valence-electron chi connectivity index (χ2n) is 7.08. The zero-order valence-electron chi connectivity index (χ0n) is 17.0. The molecule has 1 N–H and O–H groups in total. The zero-order chi connectivity index (χ0) is 23.9. The first-order valence-electron chi connectivity index (χ1n) is 9.80. The van der Waals surface area contributed by atoms with Gasteiger partial charge in [-0.25, -0.2) is 19.3 Å². The first-order chi connectivity index (χ1) is 16.3. The molecule has 170 valence electrons. The number of carbonyl (C=O) groups is 1. The van der Waals surface area contributed by atoms with Crippen molar-refractivity contribution in [1.82, 2.24) is 29.5 Å². The normalized spacial score (nSPS) is 11.6. The van der Waals surface area contributed by atoms with Gasteiger partial charge in [0.15, 0.2) is 11.3 Å². The van der Waals surface area contributed by atoms with Crippen LogP contribution in [0, 0.1) is 0 Å². The van der Waals surface area contributed by atoms with Gasteiger partial charge in [0.1, 0.15) is 17.8 Å². The van der Waals surface area contributed by atoms with E-state index in [1.807, 2.05) is 30.3 Å². The number of nitrogens with one attached hydrogen (secondary N) is 1. The fourth-order valence-electron chi connectivity index (χ4n) is 3.36. The van der Waals surface area contributed by atoms with Gasteiger partial charge in [-0.05, 0) is 24.3 Å². The number of fused-ring (bicyclic) bond motifs is 1. The van der Waals surface area contributed by atoms with Crippen LogP contribution in [0.1, 0.15) is 16.2 Å². The minimum absolute atomic E-state index is 0.0812. The Balaban J connectivity index is 1.56. The molecule has 3 heterocycles. The van der Waals surface area contributed by atoms with Gasteiger partial charge in [0.25, 0.3) is 5.91 Å². The summed E-state index contributed by atoms with van der Waals surface area (Å²) in [6.07, 6.45) is -2.07. The Morgan fingerprint density at radius 1 is 0.971 bits per heavy atom. The predicted molar refractivity (Wildman–Crippen MR) is 118 cm³/mol. The Hall–Kier alpha value is -4.25. The van der Waals surface area contributed by atoms with E-state index in [-0.39, 0.29) is 22.2 Å².